The average molecular weight is 302 g/mol. The van der Waals surface area contributed by atoms with Crippen molar-refractivity contribution < 1.29 is 14.3 Å². The Balaban J connectivity index is 1.79. The predicted octanol–water partition coefficient (Wildman–Crippen LogP) is 1.50. The molecule has 0 radical (unpaired) electrons. The van der Waals surface area contributed by atoms with E-state index in [1.807, 2.05) is 42.2 Å². The molecule has 2 amide bonds. The molecule has 2 aliphatic rings. The normalized spacial score (nSPS) is 28.0. The van der Waals surface area contributed by atoms with E-state index in [0.29, 0.717) is 26.1 Å². The standard InChI is InChI=1S/C17H22N2O3/c1-2-22-15-10-13(15)17(21)19-9-8-18-16(20)11-14(19)12-6-4-3-5-7-12/h3-7,13-15H,2,8-11H2,1H3,(H,18,20)/t13-,14+,15-/m1/s1. The van der Waals surface area contributed by atoms with E-state index >= 15 is 0 Å². The number of hydrogen-bond acceptors (Lipinski definition) is 3. The number of nitrogens with zero attached hydrogens (tertiary/aromatic N) is 1. The van der Waals surface area contributed by atoms with Crippen LogP contribution in [0.15, 0.2) is 30.3 Å². The number of benzene rings is 1. The van der Waals surface area contributed by atoms with Crippen molar-refractivity contribution in [3.63, 3.8) is 0 Å². The van der Waals surface area contributed by atoms with Gasteiger partial charge in [0.25, 0.3) is 0 Å². The van der Waals surface area contributed by atoms with Crippen LogP contribution in [0.2, 0.25) is 0 Å². The lowest BCUT2D eigenvalue weighted by Crippen LogP contribution is -2.38. The Morgan fingerprint density at radius 3 is 2.86 bits per heavy atom. The Kier molecular flexibility index (Phi) is 4.43. The van der Waals surface area contributed by atoms with Crippen LogP contribution in [-0.2, 0) is 14.3 Å². The van der Waals surface area contributed by atoms with Crippen molar-refractivity contribution in [2.75, 3.05) is 19.7 Å². The minimum Gasteiger partial charge on any atom is -0.378 e. The molecular formula is C17H22N2O3. The second-order valence-electron chi connectivity index (χ2n) is 5.85. The summed E-state index contributed by atoms with van der Waals surface area (Å²) < 4.78 is 5.54. The number of carbonyl (C=O) groups is 2. The summed E-state index contributed by atoms with van der Waals surface area (Å²) in [7, 11) is 0. The third-order valence-electron chi connectivity index (χ3n) is 4.33. The molecule has 1 aliphatic carbocycles. The van der Waals surface area contributed by atoms with Crippen molar-refractivity contribution >= 4 is 11.8 Å². The molecule has 22 heavy (non-hydrogen) atoms. The number of rotatable bonds is 4. The molecule has 3 rings (SSSR count). The molecule has 1 aromatic carbocycles. The summed E-state index contributed by atoms with van der Waals surface area (Å²) in [6.07, 6.45) is 1.18. The van der Waals surface area contributed by atoms with E-state index in [-0.39, 0.29) is 29.9 Å². The number of nitrogens with one attached hydrogen (secondary N) is 1. The first-order valence-corrected chi connectivity index (χ1v) is 7.94. The third-order valence-corrected chi connectivity index (χ3v) is 4.33. The molecule has 5 nitrogen and oxygen atoms in total. The number of hydrogen-bond donors (Lipinski definition) is 1. The Labute approximate surface area is 130 Å². The summed E-state index contributed by atoms with van der Waals surface area (Å²) in [5.74, 6) is 0.0736. The summed E-state index contributed by atoms with van der Waals surface area (Å²) in [5, 5.41) is 2.86. The third kappa shape index (κ3) is 3.14. The molecular weight excluding hydrogens is 280 g/mol. The summed E-state index contributed by atoms with van der Waals surface area (Å²) in [6, 6.07) is 9.62. The average Bonchev–Trinajstić information content (AvgIpc) is 3.31. The minimum atomic E-state index is -0.181. The van der Waals surface area contributed by atoms with Crippen LogP contribution in [0.5, 0.6) is 0 Å². The molecule has 1 saturated carbocycles. The van der Waals surface area contributed by atoms with E-state index in [4.69, 9.17) is 4.74 Å². The molecule has 0 aromatic heterocycles. The van der Waals surface area contributed by atoms with Gasteiger partial charge in [0.05, 0.1) is 24.5 Å². The van der Waals surface area contributed by atoms with Gasteiger partial charge in [-0.05, 0) is 18.9 Å². The molecule has 1 heterocycles. The second-order valence-corrected chi connectivity index (χ2v) is 5.85. The SMILES string of the molecule is CCO[C@@H]1C[C@H]1C(=O)N1CCNC(=O)C[C@H]1c1ccccc1. The highest BCUT2D eigenvalue weighted by molar-refractivity contribution is 5.84. The van der Waals surface area contributed by atoms with Crippen molar-refractivity contribution in [1.82, 2.24) is 10.2 Å². The molecule has 3 atom stereocenters. The van der Waals surface area contributed by atoms with Crippen molar-refractivity contribution in [3.05, 3.63) is 35.9 Å². The van der Waals surface area contributed by atoms with Crippen molar-refractivity contribution in [2.45, 2.75) is 31.9 Å². The maximum absolute atomic E-state index is 12.8. The topological polar surface area (TPSA) is 58.6 Å². The van der Waals surface area contributed by atoms with Crippen LogP contribution in [-0.4, -0.2) is 42.5 Å². The smallest absolute Gasteiger partial charge is 0.228 e. The van der Waals surface area contributed by atoms with E-state index in [1.165, 1.54) is 0 Å². The van der Waals surface area contributed by atoms with Gasteiger partial charge in [0.1, 0.15) is 0 Å². The van der Waals surface area contributed by atoms with Gasteiger partial charge in [-0.3, -0.25) is 9.59 Å². The van der Waals surface area contributed by atoms with E-state index < -0.39 is 0 Å². The van der Waals surface area contributed by atoms with Crippen molar-refractivity contribution in [1.29, 1.82) is 0 Å². The fraction of sp³-hybridized carbons (Fsp3) is 0.529. The molecule has 1 aliphatic heterocycles. The van der Waals surface area contributed by atoms with Gasteiger partial charge in [0.15, 0.2) is 0 Å². The summed E-state index contributed by atoms with van der Waals surface area (Å²) in [6.45, 7) is 3.65. The molecule has 1 saturated heterocycles. The lowest BCUT2D eigenvalue weighted by atomic mass is 10.0. The lowest BCUT2D eigenvalue weighted by Gasteiger charge is -2.29. The lowest BCUT2D eigenvalue weighted by molar-refractivity contribution is -0.136. The van der Waals surface area contributed by atoms with Gasteiger partial charge in [-0.1, -0.05) is 30.3 Å². The predicted molar refractivity (Wildman–Crippen MR) is 82.0 cm³/mol. The highest BCUT2D eigenvalue weighted by Gasteiger charge is 2.47. The molecule has 0 spiro atoms. The number of amides is 2. The van der Waals surface area contributed by atoms with Crippen LogP contribution >= 0.6 is 0 Å². The monoisotopic (exact) mass is 302 g/mol. The molecule has 0 bridgehead atoms. The number of carbonyl (C=O) groups excluding carboxylic acids is 2. The van der Waals surface area contributed by atoms with E-state index in [9.17, 15) is 9.59 Å². The first-order chi connectivity index (χ1) is 10.7. The van der Waals surface area contributed by atoms with Gasteiger partial charge < -0.3 is 15.0 Å². The van der Waals surface area contributed by atoms with E-state index in [2.05, 4.69) is 5.32 Å². The molecule has 5 heteroatoms. The Hall–Kier alpha value is -1.88. The Bertz CT molecular complexity index is 546. The summed E-state index contributed by atoms with van der Waals surface area (Å²) >= 11 is 0. The zero-order chi connectivity index (χ0) is 15.5. The quantitative estimate of drug-likeness (QED) is 0.917. The molecule has 1 aromatic rings. The molecule has 1 N–H and O–H groups in total. The Morgan fingerprint density at radius 1 is 1.36 bits per heavy atom. The van der Waals surface area contributed by atoms with Crippen LogP contribution < -0.4 is 5.32 Å². The highest BCUT2D eigenvalue weighted by Crippen LogP contribution is 2.38. The highest BCUT2D eigenvalue weighted by atomic mass is 16.5. The first-order valence-electron chi connectivity index (χ1n) is 7.94. The van der Waals surface area contributed by atoms with E-state index in [0.717, 1.165) is 12.0 Å². The van der Waals surface area contributed by atoms with Gasteiger partial charge in [0, 0.05) is 19.7 Å². The molecule has 118 valence electrons. The molecule has 2 fully saturated rings. The second kappa shape index (κ2) is 6.48. The maximum Gasteiger partial charge on any atom is 0.228 e. The van der Waals surface area contributed by atoms with Crippen molar-refractivity contribution in [3.8, 4) is 0 Å². The Morgan fingerprint density at radius 2 is 2.14 bits per heavy atom. The van der Waals surface area contributed by atoms with E-state index in [1.54, 1.807) is 0 Å². The largest absolute Gasteiger partial charge is 0.378 e. The summed E-state index contributed by atoms with van der Waals surface area (Å²) in [4.78, 5) is 26.6. The number of ether oxygens (including phenoxy) is 1. The van der Waals surface area contributed by atoms with Gasteiger partial charge in [-0.15, -0.1) is 0 Å². The molecule has 0 unspecified atom stereocenters. The zero-order valence-electron chi connectivity index (χ0n) is 12.8. The van der Waals surface area contributed by atoms with Crippen molar-refractivity contribution in [2.24, 2.45) is 5.92 Å². The van der Waals surface area contributed by atoms with Crippen LogP contribution in [0, 0.1) is 5.92 Å². The minimum absolute atomic E-state index is 0.00121. The van der Waals surface area contributed by atoms with Gasteiger partial charge in [0.2, 0.25) is 11.8 Å². The van der Waals surface area contributed by atoms with Crippen LogP contribution in [0.1, 0.15) is 31.4 Å². The van der Waals surface area contributed by atoms with Crippen LogP contribution in [0.25, 0.3) is 0 Å². The fourth-order valence-corrected chi connectivity index (χ4v) is 3.11. The first kappa shape index (κ1) is 15.0. The zero-order valence-corrected chi connectivity index (χ0v) is 12.8. The van der Waals surface area contributed by atoms with Gasteiger partial charge in [-0.2, -0.15) is 0 Å². The van der Waals surface area contributed by atoms with Crippen LogP contribution in [0.3, 0.4) is 0 Å². The maximum atomic E-state index is 12.8. The fourth-order valence-electron chi connectivity index (χ4n) is 3.11. The van der Waals surface area contributed by atoms with Gasteiger partial charge in [-0.25, -0.2) is 0 Å². The summed E-state index contributed by atoms with van der Waals surface area (Å²) in [5.41, 5.74) is 1.02. The van der Waals surface area contributed by atoms with Gasteiger partial charge >= 0.3 is 0 Å². The van der Waals surface area contributed by atoms with Crippen LogP contribution in [0.4, 0.5) is 0 Å².